The zero-order valence-electron chi connectivity index (χ0n) is 22.1. The van der Waals surface area contributed by atoms with Crippen molar-refractivity contribution >= 4 is 33.2 Å². The first-order valence-corrected chi connectivity index (χ1v) is 14.6. The molecule has 1 fully saturated rings. The van der Waals surface area contributed by atoms with Crippen LogP contribution in [0.15, 0.2) is 88.8 Å². The molecule has 0 saturated heterocycles. The van der Waals surface area contributed by atoms with Crippen molar-refractivity contribution in [1.29, 1.82) is 0 Å². The summed E-state index contributed by atoms with van der Waals surface area (Å²) in [6, 6.07) is 23.5. The average molecular weight is 545 g/mol. The lowest BCUT2D eigenvalue weighted by atomic mass is 9.82. The van der Waals surface area contributed by atoms with Gasteiger partial charge in [0.05, 0.1) is 16.3 Å². The molecule has 3 aromatic carbocycles. The van der Waals surface area contributed by atoms with E-state index in [-0.39, 0.29) is 4.90 Å². The topological polar surface area (TPSA) is 108 Å². The molecule has 0 aromatic heterocycles. The van der Waals surface area contributed by atoms with E-state index in [2.05, 4.69) is 10.0 Å². The van der Waals surface area contributed by atoms with Crippen LogP contribution < -0.4 is 14.9 Å². The Kier molecular flexibility index (Phi) is 7.38. The molecule has 0 spiro atoms. The van der Waals surface area contributed by atoms with Crippen molar-refractivity contribution in [3.8, 4) is 0 Å². The largest absolute Gasteiger partial charge is 0.325 e. The Morgan fingerprint density at radius 2 is 1.56 bits per heavy atom. The second-order valence-corrected chi connectivity index (χ2v) is 11.9. The van der Waals surface area contributed by atoms with Gasteiger partial charge in [0.2, 0.25) is 22.1 Å². The molecule has 39 heavy (non-hydrogen) atoms. The molecule has 2 aliphatic rings. The fraction of sp³-hybridized carbons (Fsp3) is 0.300. The summed E-state index contributed by atoms with van der Waals surface area (Å²) in [5.41, 5.74) is 2.37. The number of para-hydroxylation sites is 1. The Morgan fingerprint density at radius 3 is 2.26 bits per heavy atom. The SMILES string of the molecule is Cc1ccc(S(=O)(=O)NC2(C(=O)NC3N=C(c4ccccc4)c4ccccc4N(C)C3=O)CCCCC2)cc1. The molecule has 1 aliphatic carbocycles. The number of hydrogen-bond donors (Lipinski definition) is 2. The number of nitrogens with one attached hydrogen (secondary N) is 2. The molecule has 9 heteroatoms. The average Bonchev–Trinajstić information content (AvgIpc) is 3.04. The number of sulfonamides is 1. The Bertz CT molecular complexity index is 1510. The van der Waals surface area contributed by atoms with Crippen LogP contribution in [0.5, 0.6) is 0 Å². The molecule has 5 rings (SSSR count). The molecule has 202 valence electrons. The van der Waals surface area contributed by atoms with Crippen molar-refractivity contribution in [3.63, 3.8) is 0 Å². The van der Waals surface area contributed by atoms with Crippen LogP contribution in [-0.4, -0.2) is 44.7 Å². The van der Waals surface area contributed by atoms with Crippen molar-refractivity contribution in [2.75, 3.05) is 11.9 Å². The molecule has 3 aromatic rings. The number of anilines is 1. The highest BCUT2D eigenvalue weighted by Crippen LogP contribution is 2.32. The zero-order valence-corrected chi connectivity index (χ0v) is 22.9. The molecule has 0 radical (unpaired) electrons. The van der Waals surface area contributed by atoms with Gasteiger partial charge in [0.1, 0.15) is 5.54 Å². The highest BCUT2D eigenvalue weighted by Gasteiger charge is 2.45. The molecule has 1 aliphatic heterocycles. The maximum absolute atomic E-state index is 14.0. The summed E-state index contributed by atoms with van der Waals surface area (Å²) < 4.78 is 29.5. The third-order valence-corrected chi connectivity index (χ3v) is 9.01. The maximum Gasteiger partial charge on any atom is 0.272 e. The predicted octanol–water partition coefficient (Wildman–Crippen LogP) is 3.93. The van der Waals surface area contributed by atoms with Gasteiger partial charge in [-0.1, -0.05) is 85.5 Å². The number of likely N-dealkylation sites (N-methyl/N-ethyl adjacent to an activating group) is 1. The molecule has 0 bridgehead atoms. The number of rotatable bonds is 6. The first-order chi connectivity index (χ1) is 18.7. The van der Waals surface area contributed by atoms with E-state index < -0.39 is 33.5 Å². The second-order valence-electron chi connectivity index (χ2n) is 10.2. The highest BCUT2D eigenvalue weighted by atomic mass is 32.2. The van der Waals surface area contributed by atoms with Crippen molar-refractivity contribution in [2.45, 2.75) is 55.6 Å². The highest BCUT2D eigenvalue weighted by molar-refractivity contribution is 7.89. The summed E-state index contributed by atoms with van der Waals surface area (Å²) in [5.74, 6) is -0.958. The standard InChI is InChI=1S/C30H32N4O4S/c1-21-15-17-23(18-16-21)39(37,38)33-30(19-9-4-10-20-30)29(36)32-27-28(35)34(2)25-14-8-7-13-24(25)26(31-27)22-11-5-3-6-12-22/h3,5-8,11-18,27,33H,4,9-10,19-20H2,1-2H3,(H,32,36). The van der Waals surface area contributed by atoms with Gasteiger partial charge < -0.3 is 10.2 Å². The van der Waals surface area contributed by atoms with Gasteiger partial charge in [-0.15, -0.1) is 0 Å². The number of carbonyl (C=O) groups is 2. The minimum absolute atomic E-state index is 0.0935. The minimum Gasteiger partial charge on any atom is -0.325 e. The first-order valence-electron chi connectivity index (χ1n) is 13.1. The van der Waals surface area contributed by atoms with Gasteiger partial charge in [-0.25, -0.2) is 13.4 Å². The lowest BCUT2D eigenvalue weighted by Gasteiger charge is -2.37. The summed E-state index contributed by atoms with van der Waals surface area (Å²) >= 11 is 0. The van der Waals surface area contributed by atoms with Crippen LogP contribution in [0.2, 0.25) is 0 Å². The van der Waals surface area contributed by atoms with Crippen molar-refractivity contribution < 1.29 is 18.0 Å². The number of fused-ring (bicyclic) bond motifs is 1. The fourth-order valence-electron chi connectivity index (χ4n) is 5.27. The molecular weight excluding hydrogens is 512 g/mol. The summed E-state index contributed by atoms with van der Waals surface area (Å²) in [5, 5.41) is 2.82. The van der Waals surface area contributed by atoms with Gasteiger partial charge in [-0.05, 0) is 38.0 Å². The molecule has 2 N–H and O–H groups in total. The molecule has 1 saturated carbocycles. The third-order valence-electron chi connectivity index (χ3n) is 7.46. The number of hydrogen-bond acceptors (Lipinski definition) is 5. The summed E-state index contributed by atoms with van der Waals surface area (Å²) in [6.07, 6.45) is 1.70. The van der Waals surface area contributed by atoms with E-state index in [1.807, 2.05) is 61.5 Å². The number of benzodiazepines with no additional fused rings is 1. The summed E-state index contributed by atoms with van der Waals surface area (Å²) in [6.45, 7) is 1.88. The molecular formula is C30H32N4O4S. The number of nitrogens with zero attached hydrogens (tertiary/aromatic N) is 2. The number of amides is 2. The maximum atomic E-state index is 14.0. The van der Waals surface area contributed by atoms with Crippen LogP contribution in [-0.2, 0) is 19.6 Å². The van der Waals surface area contributed by atoms with Crippen LogP contribution in [0, 0.1) is 6.92 Å². The summed E-state index contributed by atoms with van der Waals surface area (Å²) in [7, 11) is -2.34. The quantitative estimate of drug-likeness (QED) is 0.490. The van der Waals surface area contributed by atoms with Crippen LogP contribution in [0.25, 0.3) is 0 Å². The minimum atomic E-state index is -3.99. The fourth-order valence-corrected chi connectivity index (χ4v) is 6.69. The molecule has 1 unspecified atom stereocenters. The number of benzene rings is 3. The van der Waals surface area contributed by atoms with Gasteiger partial charge in [-0.3, -0.25) is 9.59 Å². The number of aryl methyl sites for hydroxylation is 1. The zero-order chi connectivity index (χ0) is 27.6. The van der Waals surface area contributed by atoms with Crippen molar-refractivity contribution in [1.82, 2.24) is 10.0 Å². The van der Waals surface area contributed by atoms with E-state index in [0.717, 1.165) is 23.1 Å². The van der Waals surface area contributed by atoms with Crippen LogP contribution in [0.3, 0.4) is 0 Å². The Balaban J connectivity index is 1.51. The number of carbonyl (C=O) groups excluding carboxylic acids is 2. The summed E-state index contributed by atoms with van der Waals surface area (Å²) in [4.78, 5) is 33.9. The number of aliphatic imine (C=N–C) groups is 1. The molecule has 8 nitrogen and oxygen atoms in total. The van der Waals surface area contributed by atoms with E-state index in [9.17, 15) is 18.0 Å². The van der Waals surface area contributed by atoms with Gasteiger partial charge in [-0.2, -0.15) is 4.72 Å². The van der Waals surface area contributed by atoms with E-state index in [0.29, 0.717) is 37.1 Å². The predicted molar refractivity (Wildman–Crippen MR) is 151 cm³/mol. The first kappa shape index (κ1) is 26.8. The van der Waals surface area contributed by atoms with Gasteiger partial charge in [0.25, 0.3) is 5.91 Å². The van der Waals surface area contributed by atoms with E-state index in [1.165, 1.54) is 17.0 Å². The lowest BCUT2D eigenvalue weighted by Crippen LogP contribution is -2.62. The lowest BCUT2D eigenvalue weighted by molar-refractivity contribution is -0.132. The van der Waals surface area contributed by atoms with Crippen LogP contribution in [0.4, 0.5) is 5.69 Å². The van der Waals surface area contributed by atoms with E-state index in [1.54, 1.807) is 19.2 Å². The van der Waals surface area contributed by atoms with Gasteiger partial charge >= 0.3 is 0 Å². The molecule has 1 heterocycles. The Hall–Kier alpha value is -3.82. The third kappa shape index (κ3) is 5.37. The smallest absolute Gasteiger partial charge is 0.272 e. The monoisotopic (exact) mass is 544 g/mol. The Labute approximate surface area is 229 Å². The van der Waals surface area contributed by atoms with Crippen LogP contribution >= 0.6 is 0 Å². The Morgan fingerprint density at radius 1 is 0.923 bits per heavy atom. The second kappa shape index (κ2) is 10.7. The van der Waals surface area contributed by atoms with Gasteiger partial charge in [0, 0.05) is 18.2 Å². The normalized spacial score (nSPS) is 19.0. The van der Waals surface area contributed by atoms with E-state index in [4.69, 9.17) is 4.99 Å². The van der Waals surface area contributed by atoms with E-state index >= 15 is 0 Å². The van der Waals surface area contributed by atoms with Gasteiger partial charge in [0.15, 0.2) is 0 Å². The van der Waals surface area contributed by atoms with Crippen molar-refractivity contribution in [3.05, 3.63) is 95.6 Å². The molecule has 1 atom stereocenters. The molecule has 2 amide bonds. The van der Waals surface area contributed by atoms with Crippen LogP contribution in [0.1, 0.15) is 48.8 Å². The van der Waals surface area contributed by atoms with Crippen molar-refractivity contribution in [2.24, 2.45) is 4.99 Å².